The molecule has 0 bridgehead atoms. The van der Waals surface area contributed by atoms with Crippen LogP contribution in [-0.2, 0) is 11.3 Å². The van der Waals surface area contributed by atoms with Crippen LogP contribution in [0.3, 0.4) is 0 Å². The molecule has 0 unspecified atom stereocenters. The van der Waals surface area contributed by atoms with E-state index in [0.29, 0.717) is 6.54 Å². The van der Waals surface area contributed by atoms with Gasteiger partial charge in [0.1, 0.15) is 0 Å². The van der Waals surface area contributed by atoms with Crippen molar-refractivity contribution in [2.45, 2.75) is 12.9 Å². The predicted molar refractivity (Wildman–Crippen MR) is 57.9 cm³/mol. The second kappa shape index (κ2) is 6.22. The molecule has 0 radical (unpaired) electrons. The van der Waals surface area contributed by atoms with Gasteiger partial charge in [0.05, 0.1) is 6.61 Å². The first-order chi connectivity index (χ1) is 7.47. The zero-order chi connectivity index (χ0) is 12.0. The standard InChI is InChI=1S/C10H11BrF3NO/c11-9-3-1-2-8(6-9)7-15-4-5-16-10(12,13)14/h1-3,6,15H,4-5,7H2. The monoisotopic (exact) mass is 297 g/mol. The Bertz CT molecular complexity index is 330. The van der Waals surface area contributed by atoms with Gasteiger partial charge in [-0.1, -0.05) is 28.1 Å². The van der Waals surface area contributed by atoms with Crippen LogP contribution in [0.5, 0.6) is 0 Å². The van der Waals surface area contributed by atoms with Crippen LogP contribution in [0.15, 0.2) is 28.7 Å². The predicted octanol–water partition coefficient (Wildman–Crippen LogP) is 3.08. The molecule has 0 aliphatic rings. The van der Waals surface area contributed by atoms with Crippen molar-refractivity contribution < 1.29 is 17.9 Å². The summed E-state index contributed by atoms with van der Waals surface area (Å²) in [6, 6.07) is 7.55. The van der Waals surface area contributed by atoms with Gasteiger partial charge >= 0.3 is 6.36 Å². The van der Waals surface area contributed by atoms with E-state index in [1.807, 2.05) is 24.3 Å². The van der Waals surface area contributed by atoms with Crippen molar-refractivity contribution in [1.29, 1.82) is 0 Å². The van der Waals surface area contributed by atoms with Crippen molar-refractivity contribution >= 4 is 15.9 Å². The lowest BCUT2D eigenvalue weighted by Crippen LogP contribution is -2.23. The Morgan fingerprint density at radius 1 is 1.31 bits per heavy atom. The normalized spacial score (nSPS) is 11.8. The first kappa shape index (κ1) is 13.5. The van der Waals surface area contributed by atoms with E-state index in [2.05, 4.69) is 26.0 Å². The maximum atomic E-state index is 11.6. The number of rotatable bonds is 5. The van der Waals surface area contributed by atoms with Gasteiger partial charge in [-0.15, -0.1) is 13.2 Å². The van der Waals surface area contributed by atoms with Crippen LogP contribution in [0.25, 0.3) is 0 Å². The Morgan fingerprint density at radius 2 is 2.06 bits per heavy atom. The molecular weight excluding hydrogens is 287 g/mol. The van der Waals surface area contributed by atoms with Gasteiger partial charge < -0.3 is 5.32 Å². The Kier molecular flexibility index (Phi) is 5.24. The molecule has 1 N–H and O–H groups in total. The highest BCUT2D eigenvalue weighted by Crippen LogP contribution is 2.15. The topological polar surface area (TPSA) is 21.3 Å². The molecule has 0 saturated heterocycles. The summed E-state index contributed by atoms with van der Waals surface area (Å²) < 4.78 is 39.4. The third-order valence-electron chi connectivity index (χ3n) is 1.76. The minimum absolute atomic E-state index is 0.159. The van der Waals surface area contributed by atoms with Crippen LogP contribution in [0.1, 0.15) is 5.56 Å². The van der Waals surface area contributed by atoms with Crippen molar-refractivity contribution in [1.82, 2.24) is 5.32 Å². The van der Waals surface area contributed by atoms with E-state index in [-0.39, 0.29) is 13.2 Å². The van der Waals surface area contributed by atoms with E-state index < -0.39 is 6.36 Å². The van der Waals surface area contributed by atoms with E-state index in [9.17, 15) is 13.2 Å². The van der Waals surface area contributed by atoms with Gasteiger partial charge in [0, 0.05) is 17.6 Å². The van der Waals surface area contributed by atoms with Gasteiger partial charge in [0.2, 0.25) is 0 Å². The number of hydrogen-bond acceptors (Lipinski definition) is 2. The molecule has 0 aliphatic carbocycles. The van der Waals surface area contributed by atoms with Crippen LogP contribution in [0.2, 0.25) is 0 Å². The summed E-state index contributed by atoms with van der Waals surface area (Å²) in [6.07, 6.45) is -4.54. The molecule has 16 heavy (non-hydrogen) atoms. The van der Waals surface area contributed by atoms with Crippen molar-refractivity contribution in [3.63, 3.8) is 0 Å². The average Bonchev–Trinajstić information content (AvgIpc) is 2.15. The number of benzene rings is 1. The maximum absolute atomic E-state index is 11.6. The SMILES string of the molecule is FC(F)(F)OCCNCc1cccc(Br)c1. The molecule has 0 saturated carbocycles. The number of halogens is 4. The number of hydrogen-bond donors (Lipinski definition) is 1. The Labute approximate surface area is 99.9 Å². The molecule has 90 valence electrons. The second-order valence-corrected chi connectivity index (χ2v) is 4.02. The summed E-state index contributed by atoms with van der Waals surface area (Å²) in [4.78, 5) is 0. The summed E-state index contributed by atoms with van der Waals surface area (Å²) >= 11 is 3.31. The average molecular weight is 298 g/mol. The molecule has 6 heteroatoms. The fourth-order valence-corrected chi connectivity index (χ4v) is 1.57. The van der Waals surface area contributed by atoms with E-state index in [1.165, 1.54) is 0 Å². The van der Waals surface area contributed by atoms with Crippen molar-refractivity contribution in [3.05, 3.63) is 34.3 Å². The fraction of sp³-hybridized carbons (Fsp3) is 0.400. The third-order valence-corrected chi connectivity index (χ3v) is 2.26. The second-order valence-electron chi connectivity index (χ2n) is 3.10. The van der Waals surface area contributed by atoms with Gasteiger partial charge in [-0.05, 0) is 17.7 Å². The highest BCUT2D eigenvalue weighted by atomic mass is 79.9. The Morgan fingerprint density at radius 3 is 2.69 bits per heavy atom. The van der Waals surface area contributed by atoms with E-state index >= 15 is 0 Å². The summed E-state index contributed by atoms with van der Waals surface area (Å²) in [6.45, 7) is 0.296. The summed E-state index contributed by atoms with van der Waals surface area (Å²) in [5, 5.41) is 2.86. The fourth-order valence-electron chi connectivity index (χ4n) is 1.12. The van der Waals surface area contributed by atoms with Gasteiger partial charge in [0.25, 0.3) is 0 Å². The molecule has 0 aliphatic heterocycles. The minimum atomic E-state index is -4.54. The van der Waals surface area contributed by atoms with Crippen LogP contribution in [0.4, 0.5) is 13.2 Å². The molecule has 0 atom stereocenters. The molecule has 0 aromatic heterocycles. The molecule has 1 rings (SSSR count). The van der Waals surface area contributed by atoms with Gasteiger partial charge in [0.15, 0.2) is 0 Å². The zero-order valence-electron chi connectivity index (χ0n) is 8.35. The maximum Gasteiger partial charge on any atom is 0.522 e. The molecule has 1 aromatic carbocycles. The lowest BCUT2D eigenvalue weighted by Gasteiger charge is -2.08. The summed E-state index contributed by atoms with van der Waals surface area (Å²) in [7, 11) is 0. The van der Waals surface area contributed by atoms with Gasteiger partial charge in [-0.2, -0.15) is 0 Å². The van der Waals surface area contributed by atoms with Gasteiger partial charge in [-0.3, -0.25) is 4.74 Å². The molecule has 0 heterocycles. The number of ether oxygens (including phenoxy) is 1. The molecular formula is C10H11BrF3NO. The van der Waals surface area contributed by atoms with E-state index in [0.717, 1.165) is 10.0 Å². The minimum Gasteiger partial charge on any atom is -0.310 e. The quantitative estimate of drug-likeness (QED) is 0.844. The van der Waals surface area contributed by atoms with Crippen LogP contribution < -0.4 is 5.32 Å². The lowest BCUT2D eigenvalue weighted by atomic mass is 10.2. The van der Waals surface area contributed by atoms with Crippen molar-refractivity contribution in [3.8, 4) is 0 Å². The van der Waals surface area contributed by atoms with Crippen LogP contribution >= 0.6 is 15.9 Å². The van der Waals surface area contributed by atoms with E-state index in [1.54, 1.807) is 0 Å². The first-order valence-corrected chi connectivity index (χ1v) is 5.42. The van der Waals surface area contributed by atoms with Crippen LogP contribution in [0, 0.1) is 0 Å². The van der Waals surface area contributed by atoms with Crippen LogP contribution in [-0.4, -0.2) is 19.5 Å². The smallest absolute Gasteiger partial charge is 0.310 e. The zero-order valence-corrected chi connectivity index (χ0v) is 9.94. The molecule has 0 amide bonds. The van der Waals surface area contributed by atoms with Crippen molar-refractivity contribution in [2.24, 2.45) is 0 Å². The highest BCUT2D eigenvalue weighted by Gasteiger charge is 2.28. The first-order valence-electron chi connectivity index (χ1n) is 4.63. The molecule has 0 fully saturated rings. The molecule has 0 spiro atoms. The lowest BCUT2D eigenvalue weighted by molar-refractivity contribution is -0.323. The highest BCUT2D eigenvalue weighted by molar-refractivity contribution is 9.10. The summed E-state index contributed by atoms with van der Waals surface area (Å²) in [5.41, 5.74) is 1.00. The van der Waals surface area contributed by atoms with Gasteiger partial charge in [-0.25, -0.2) is 0 Å². The Hall–Kier alpha value is -0.590. The number of nitrogens with one attached hydrogen (secondary N) is 1. The summed E-state index contributed by atoms with van der Waals surface area (Å²) in [5.74, 6) is 0. The third kappa shape index (κ3) is 6.09. The number of alkyl halides is 3. The molecule has 2 nitrogen and oxygen atoms in total. The molecule has 1 aromatic rings. The Balaban J connectivity index is 2.17. The van der Waals surface area contributed by atoms with Crippen molar-refractivity contribution in [2.75, 3.05) is 13.2 Å². The van der Waals surface area contributed by atoms with E-state index in [4.69, 9.17) is 0 Å². The largest absolute Gasteiger partial charge is 0.522 e.